The maximum Gasteiger partial charge on any atom is 0.310 e. The number of hydrogen-bond donors (Lipinski definition) is 2. The molecular formula is C38H54N2O4. The summed E-state index contributed by atoms with van der Waals surface area (Å²) < 4.78 is 0. The van der Waals surface area contributed by atoms with Crippen LogP contribution in [0.25, 0.3) is 0 Å². The van der Waals surface area contributed by atoms with E-state index in [1.54, 1.807) is 6.20 Å². The van der Waals surface area contributed by atoms with Crippen molar-refractivity contribution in [2.75, 3.05) is 6.54 Å². The second kappa shape index (κ2) is 10.3. The molecule has 0 aliphatic heterocycles. The van der Waals surface area contributed by atoms with Crippen molar-refractivity contribution in [2.24, 2.45) is 56.2 Å². The van der Waals surface area contributed by atoms with Gasteiger partial charge >= 0.3 is 5.97 Å². The number of Topliss-reactive ketones (excluding diaryl/α,β-unsaturated/α-hetero) is 1. The Morgan fingerprint density at radius 2 is 1.70 bits per heavy atom. The Bertz CT molecular complexity index is 1380. The van der Waals surface area contributed by atoms with Gasteiger partial charge in [-0.3, -0.25) is 19.4 Å². The number of carboxylic acids is 1. The van der Waals surface area contributed by atoms with Gasteiger partial charge in [0.2, 0.25) is 5.91 Å². The predicted molar refractivity (Wildman–Crippen MR) is 172 cm³/mol. The highest BCUT2D eigenvalue weighted by molar-refractivity contribution is 6.04. The van der Waals surface area contributed by atoms with E-state index in [1.807, 2.05) is 18.3 Å². The maximum atomic E-state index is 14.0. The Morgan fingerprint density at radius 1 is 0.977 bits per heavy atom. The van der Waals surface area contributed by atoms with Crippen LogP contribution < -0.4 is 5.32 Å². The van der Waals surface area contributed by atoms with Crippen LogP contribution in [-0.4, -0.2) is 34.3 Å². The molecule has 0 bridgehead atoms. The molecule has 6 nitrogen and oxygen atoms in total. The van der Waals surface area contributed by atoms with E-state index in [2.05, 4.69) is 64.8 Å². The molecule has 6 heteroatoms. The highest BCUT2D eigenvalue weighted by atomic mass is 16.4. The number of rotatable bonds is 5. The fourth-order valence-corrected chi connectivity index (χ4v) is 11.8. The molecule has 44 heavy (non-hydrogen) atoms. The molecule has 1 heterocycles. The Labute approximate surface area is 264 Å². The van der Waals surface area contributed by atoms with Gasteiger partial charge in [0.25, 0.3) is 0 Å². The molecule has 4 unspecified atom stereocenters. The molecule has 0 saturated heterocycles. The molecular weight excluding hydrogens is 548 g/mol. The molecule has 5 aliphatic rings. The Morgan fingerprint density at radius 3 is 2.39 bits per heavy atom. The number of fused-ring (bicyclic) bond motifs is 7. The number of amides is 1. The number of carbonyl (C=O) groups is 3. The zero-order valence-electron chi connectivity index (χ0n) is 28.1. The molecule has 1 aromatic rings. The third-order valence-electron chi connectivity index (χ3n) is 14.5. The standard InChI is InChI=1S/C38H54N2O4/c1-33(2)15-17-38(32(43)44)18-16-36(6)26(27(38)22-33)10-11-29-35(5)21-25(31(42)40-20-13-24-9-8-19-39-23-24)30(41)34(3,4)28(35)12-14-37(29,36)7/h8-10,19,23,25,27-29H,11-18,20-22H2,1-7H3,(H,40,42)(H,43,44)/t25?,27?,28?,29?,35-,36+,37+,38-/m0/s1. The van der Waals surface area contributed by atoms with E-state index in [9.17, 15) is 19.5 Å². The van der Waals surface area contributed by atoms with Crippen LogP contribution in [0.4, 0.5) is 0 Å². The number of pyridine rings is 1. The van der Waals surface area contributed by atoms with Crippen molar-refractivity contribution in [2.45, 2.75) is 113 Å². The molecule has 0 aromatic carbocycles. The highest BCUT2D eigenvalue weighted by Gasteiger charge is 2.70. The van der Waals surface area contributed by atoms with E-state index in [1.165, 1.54) is 5.57 Å². The number of carbonyl (C=O) groups excluding carboxylic acids is 2. The van der Waals surface area contributed by atoms with E-state index >= 15 is 0 Å². The topological polar surface area (TPSA) is 96.4 Å². The zero-order valence-corrected chi connectivity index (χ0v) is 28.1. The molecule has 6 rings (SSSR count). The summed E-state index contributed by atoms with van der Waals surface area (Å²) in [6.07, 6.45) is 14.5. The zero-order chi connectivity index (χ0) is 31.9. The van der Waals surface area contributed by atoms with Crippen LogP contribution in [0, 0.1) is 56.2 Å². The minimum absolute atomic E-state index is 0.0214. The van der Waals surface area contributed by atoms with Crippen molar-refractivity contribution < 1.29 is 19.5 Å². The third-order valence-corrected chi connectivity index (χ3v) is 14.5. The largest absolute Gasteiger partial charge is 0.481 e. The van der Waals surface area contributed by atoms with Crippen molar-refractivity contribution in [3.8, 4) is 0 Å². The fraction of sp³-hybridized carbons (Fsp3) is 0.737. The first kappa shape index (κ1) is 31.5. The lowest BCUT2D eigenvalue weighted by Gasteiger charge is -2.70. The van der Waals surface area contributed by atoms with E-state index in [-0.39, 0.29) is 45.2 Å². The Kier molecular flexibility index (Phi) is 7.34. The summed E-state index contributed by atoms with van der Waals surface area (Å²) in [5.41, 5.74) is 1.10. The van der Waals surface area contributed by atoms with Gasteiger partial charge in [0, 0.05) is 24.4 Å². The second-order valence-electron chi connectivity index (χ2n) is 17.4. The van der Waals surface area contributed by atoms with Crippen LogP contribution >= 0.6 is 0 Å². The molecule has 8 atom stereocenters. The van der Waals surface area contributed by atoms with E-state index in [0.29, 0.717) is 25.3 Å². The van der Waals surface area contributed by atoms with Crippen LogP contribution in [0.5, 0.6) is 0 Å². The van der Waals surface area contributed by atoms with Gasteiger partial charge in [-0.1, -0.05) is 66.2 Å². The van der Waals surface area contributed by atoms with Gasteiger partial charge in [-0.2, -0.15) is 0 Å². The molecule has 4 saturated carbocycles. The average Bonchev–Trinajstić information content (AvgIpc) is 2.95. The molecule has 0 spiro atoms. The van der Waals surface area contributed by atoms with Crippen molar-refractivity contribution in [3.63, 3.8) is 0 Å². The van der Waals surface area contributed by atoms with Gasteiger partial charge in [-0.15, -0.1) is 0 Å². The summed E-state index contributed by atoms with van der Waals surface area (Å²) in [4.78, 5) is 44.9. The van der Waals surface area contributed by atoms with Crippen molar-refractivity contribution in [3.05, 3.63) is 41.7 Å². The molecule has 2 N–H and O–H groups in total. The molecule has 1 amide bonds. The SMILES string of the molecule is CC1(C)CC[C@]2(C(=O)O)CC[C@]3(C)C(=CCC4[C@@]5(C)CC(C(=O)NCCc6cccnc6)C(=O)C(C)(C)C5CC[C@]43C)C2C1. The van der Waals surface area contributed by atoms with E-state index in [0.717, 1.165) is 56.9 Å². The quantitative estimate of drug-likeness (QED) is 0.270. The van der Waals surface area contributed by atoms with Crippen molar-refractivity contribution in [1.82, 2.24) is 10.3 Å². The first-order chi connectivity index (χ1) is 20.5. The number of nitrogens with zero attached hydrogens (tertiary/aromatic N) is 1. The van der Waals surface area contributed by atoms with Gasteiger partial charge in [-0.05, 0) is 115 Å². The third kappa shape index (κ3) is 4.39. The predicted octanol–water partition coefficient (Wildman–Crippen LogP) is 7.42. The summed E-state index contributed by atoms with van der Waals surface area (Å²) in [5, 5.41) is 13.8. The minimum atomic E-state index is -0.649. The first-order valence-electron chi connectivity index (χ1n) is 17.2. The fourth-order valence-electron chi connectivity index (χ4n) is 11.8. The molecule has 1 aromatic heterocycles. The van der Waals surface area contributed by atoms with E-state index in [4.69, 9.17) is 0 Å². The highest BCUT2D eigenvalue weighted by Crippen LogP contribution is 2.75. The number of carboxylic acid groups (broad SMARTS) is 1. The molecule has 4 fully saturated rings. The molecule has 0 radical (unpaired) electrons. The smallest absolute Gasteiger partial charge is 0.310 e. The number of nitrogens with one attached hydrogen (secondary N) is 1. The van der Waals surface area contributed by atoms with E-state index < -0.39 is 22.7 Å². The van der Waals surface area contributed by atoms with Gasteiger partial charge in [-0.25, -0.2) is 0 Å². The summed E-state index contributed by atoms with van der Waals surface area (Å²) in [6, 6.07) is 3.91. The van der Waals surface area contributed by atoms with Crippen molar-refractivity contribution in [1.29, 1.82) is 0 Å². The van der Waals surface area contributed by atoms with Crippen LogP contribution in [0.3, 0.4) is 0 Å². The Hall–Kier alpha value is -2.50. The summed E-state index contributed by atoms with van der Waals surface area (Å²) in [5.74, 6) is -0.670. The number of hydrogen-bond acceptors (Lipinski definition) is 4. The lowest BCUT2D eigenvalue weighted by Crippen LogP contribution is -2.66. The number of allylic oxidation sites excluding steroid dienone is 2. The average molecular weight is 603 g/mol. The first-order valence-corrected chi connectivity index (χ1v) is 17.2. The van der Waals surface area contributed by atoms with Gasteiger partial charge in [0.15, 0.2) is 5.78 Å². The molecule has 5 aliphatic carbocycles. The van der Waals surface area contributed by atoms with Crippen LogP contribution in [0.1, 0.15) is 112 Å². The summed E-state index contributed by atoms with van der Waals surface area (Å²) in [7, 11) is 0. The van der Waals surface area contributed by atoms with Gasteiger partial charge < -0.3 is 10.4 Å². The van der Waals surface area contributed by atoms with Crippen LogP contribution in [0.2, 0.25) is 0 Å². The minimum Gasteiger partial charge on any atom is -0.481 e. The Balaban J connectivity index is 1.32. The monoisotopic (exact) mass is 602 g/mol. The second-order valence-corrected chi connectivity index (χ2v) is 17.4. The number of ketones is 1. The normalized spacial score (nSPS) is 42.1. The molecule has 240 valence electrons. The lowest BCUT2D eigenvalue weighted by molar-refractivity contribution is -0.195. The lowest BCUT2D eigenvalue weighted by atomic mass is 9.33. The van der Waals surface area contributed by atoms with Gasteiger partial charge in [0.05, 0.1) is 11.3 Å². The van der Waals surface area contributed by atoms with Crippen LogP contribution in [0.15, 0.2) is 36.2 Å². The number of aliphatic carboxylic acids is 1. The number of aromatic nitrogens is 1. The summed E-state index contributed by atoms with van der Waals surface area (Å²) >= 11 is 0. The maximum absolute atomic E-state index is 14.0. The van der Waals surface area contributed by atoms with Crippen molar-refractivity contribution >= 4 is 17.7 Å². The summed E-state index contributed by atoms with van der Waals surface area (Å²) in [6.45, 7) is 16.6. The van der Waals surface area contributed by atoms with Gasteiger partial charge in [0.1, 0.15) is 0 Å². The van der Waals surface area contributed by atoms with Crippen LogP contribution in [-0.2, 0) is 20.8 Å².